The third-order valence-electron chi connectivity index (χ3n) is 15.8. The number of fused-ring (bicyclic) bond motifs is 10. The summed E-state index contributed by atoms with van der Waals surface area (Å²) in [6.07, 6.45) is 0. The van der Waals surface area contributed by atoms with Gasteiger partial charge in [-0.05, 0) is 155 Å². The number of aryl methyl sites for hydroxylation is 1. The summed E-state index contributed by atoms with van der Waals surface area (Å²) in [5.41, 5.74) is 28.8. The Bertz CT molecular complexity index is 3350. The molecule has 0 saturated carbocycles. The third kappa shape index (κ3) is 5.74. The maximum atomic E-state index is 2.61. The molecule has 324 valence electrons. The molecule has 3 heteroatoms. The number of benzene rings is 8. The van der Waals surface area contributed by atoms with Crippen LogP contribution >= 0.6 is 0 Å². The zero-order valence-corrected chi connectivity index (χ0v) is 40.5. The maximum Gasteiger partial charge on any atom is 0.252 e. The summed E-state index contributed by atoms with van der Waals surface area (Å²) < 4.78 is 0. The van der Waals surface area contributed by atoms with Crippen molar-refractivity contribution in [3.05, 3.63) is 197 Å². The molecular weight excluding hydrogens is 796 g/mol. The lowest BCUT2D eigenvalue weighted by atomic mass is 9.33. The van der Waals surface area contributed by atoms with Gasteiger partial charge in [0.2, 0.25) is 0 Å². The van der Waals surface area contributed by atoms with Crippen molar-refractivity contribution in [2.75, 3.05) is 9.80 Å². The van der Waals surface area contributed by atoms with Gasteiger partial charge in [0.25, 0.3) is 6.71 Å². The zero-order valence-electron chi connectivity index (χ0n) is 40.5. The Morgan fingerprint density at radius 3 is 1.65 bits per heavy atom. The van der Waals surface area contributed by atoms with Crippen LogP contribution in [0, 0.1) is 6.92 Å². The summed E-state index contributed by atoms with van der Waals surface area (Å²) in [6.45, 7) is 25.9. The van der Waals surface area contributed by atoms with Crippen LogP contribution in [0.1, 0.15) is 108 Å². The summed E-state index contributed by atoms with van der Waals surface area (Å²) in [4.78, 5) is 5.18. The number of nitrogens with zero attached hydrogens (tertiary/aromatic N) is 2. The summed E-state index contributed by atoms with van der Waals surface area (Å²) in [5.74, 6) is 0. The molecule has 0 amide bonds. The largest absolute Gasteiger partial charge is 0.311 e. The van der Waals surface area contributed by atoms with Gasteiger partial charge >= 0.3 is 0 Å². The molecule has 0 N–H and O–H groups in total. The van der Waals surface area contributed by atoms with Gasteiger partial charge in [-0.25, -0.2) is 0 Å². The van der Waals surface area contributed by atoms with E-state index in [0.29, 0.717) is 0 Å². The van der Waals surface area contributed by atoms with Gasteiger partial charge in [0.05, 0.1) is 0 Å². The lowest BCUT2D eigenvalue weighted by molar-refractivity contribution is 0.590. The molecule has 0 radical (unpaired) electrons. The second-order valence-corrected chi connectivity index (χ2v) is 22.7. The van der Waals surface area contributed by atoms with E-state index in [-0.39, 0.29) is 28.4 Å². The molecule has 0 fully saturated rings. The smallest absolute Gasteiger partial charge is 0.252 e. The van der Waals surface area contributed by atoms with Gasteiger partial charge in [0.1, 0.15) is 0 Å². The molecule has 0 aromatic heterocycles. The standard InChI is InChI=1S/C63H59BN2/c1-38-33-56-59-57(34-38)66(43-29-30-46-45-17-12-14-20-48(45)63(10,11)51(46)37-43)55-36-41(61(5,6)7)25-31-52(55)64(59)53-35-40(60(2,3)4)26-32-54(53)65(56)42-27-23-39(24-28-42)44-19-16-22-50-58(44)47-18-13-15-21-49(47)62(50,8)9/h12-37H,1-11H3. The SMILES string of the molecule is Cc1cc2c3c(c1)N(c1ccc4c(c1)C(C)(C)c1ccccc1-4)c1cc(C(C)(C)C)ccc1B3c1cc(C(C)(C)C)ccc1N2c1ccc(-c2cccc3c2-c2ccccc2C3(C)C)cc1. The van der Waals surface area contributed by atoms with E-state index in [1.54, 1.807) is 0 Å². The van der Waals surface area contributed by atoms with Crippen LogP contribution in [-0.4, -0.2) is 6.71 Å². The Balaban J connectivity index is 1.08. The van der Waals surface area contributed by atoms with Crippen molar-refractivity contribution in [2.45, 2.75) is 97.8 Å². The highest BCUT2D eigenvalue weighted by Gasteiger charge is 2.45. The third-order valence-corrected chi connectivity index (χ3v) is 15.8. The van der Waals surface area contributed by atoms with E-state index < -0.39 is 0 Å². The monoisotopic (exact) mass is 854 g/mol. The van der Waals surface area contributed by atoms with Crippen LogP contribution in [-0.2, 0) is 21.7 Å². The van der Waals surface area contributed by atoms with Crippen LogP contribution < -0.4 is 26.2 Å². The van der Waals surface area contributed by atoms with Crippen LogP contribution in [0.15, 0.2) is 158 Å². The number of hydrogen-bond donors (Lipinski definition) is 0. The van der Waals surface area contributed by atoms with Gasteiger partial charge in [-0.15, -0.1) is 0 Å². The second kappa shape index (κ2) is 13.7. The minimum atomic E-state index is -0.118. The van der Waals surface area contributed by atoms with Crippen molar-refractivity contribution in [1.29, 1.82) is 0 Å². The van der Waals surface area contributed by atoms with Gasteiger partial charge in [-0.1, -0.05) is 178 Å². The lowest BCUT2D eigenvalue weighted by Crippen LogP contribution is -2.61. The predicted octanol–water partition coefficient (Wildman–Crippen LogP) is 15.0. The number of hydrogen-bond acceptors (Lipinski definition) is 2. The van der Waals surface area contributed by atoms with Crippen molar-refractivity contribution in [1.82, 2.24) is 0 Å². The van der Waals surface area contributed by atoms with Crippen LogP contribution in [0.25, 0.3) is 33.4 Å². The topological polar surface area (TPSA) is 6.48 Å². The van der Waals surface area contributed by atoms with Crippen molar-refractivity contribution < 1.29 is 0 Å². The molecule has 8 aromatic carbocycles. The quantitative estimate of drug-likeness (QED) is 0.163. The number of rotatable bonds is 3. The summed E-state index contributed by atoms with van der Waals surface area (Å²) in [7, 11) is 0. The average Bonchev–Trinajstić information content (AvgIpc) is 3.67. The van der Waals surface area contributed by atoms with Gasteiger partial charge in [-0.3, -0.25) is 0 Å². The molecule has 2 aliphatic carbocycles. The predicted molar refractivity (Wildman–Crippen MR) is 283 cm³/mol. The van der Waals surface area contributed by atoms with E-state index >= 15 is 0 Å². The fourth-order valence-electron chi connectivity index (χ4n) is 12.2. The second-order valence-electron chi connectivity index (χ2n) is 22.7. The first-order valence-electron chi connectivity index (χ1n) is 24.0. The molecule has 0 bridgehead atoms. The molecule has 12 rings (SSSR count). The molecule has 66 heavy (non-hydrogen) atoms. The molecule has 2 aliphatic heterocycles. The first kappa shape index (κ1) is 40.9. The van der Waals surface area contributed by atoms with Gasteiger partial charge in [0, 0.05) is 45.0 Å². The first-order chi connectivity index (χ1) is 31.4. The van der Waals surface area contributed by atoms with Crippen molar-refractivity contribution in [3.63, 3.8) is 0 Å². The molecule has 0 atom stereocenters. The van der Waals surface area contributed by atoms with Crippen LogP contribution in [0.2, 0.25) is 0 Å². The summed E-state index contributed by atoms with van der Waals surface area (Å²) in [6, 6.07) is 61.2. The van der Waals surface area contributed by atoms with E-state index in [1.165, 1.54) is 123 Å². The Morgan fingerprint density at radius 2 is 0.955 bits per heavy atom. The Hall–Kier alpha value is -6.58. The molecule has 0 unspecified atom stereocenters. The fourth-order valence-corrected chi connectivity index (χ4v) is 12.2. The van der Waals surface area contributed by atoms with Crippen LogP contribution in [0.3, 0.4) is 0 Å². The Labute approximate surface area is 393 Å². The summed E-state index contributed by atoms with van der Waals surface area (Å²) >= 11 is 0. The van der Waals surface area contributed by atoms with E-state index in [4.69, 9.17) is 0 Å². The highest BCUT2D eigenvalue weighted by molar-refractivity contribution is 7.00. The zero-order chi connectivity index (χ0) is 45.8. The fraction of sp³-hybridized carbons (Fsp3) is 0.238. The molecule has 4 aliphatic rings. The normalized spacial score (nSPS) is 15.7. The van der Waals surface area contributed by atoms with Crippen LogP contribution in [0.4, 0.5) is 34.1 Å². The molecule has 0 spiro atoms. The highest BCUT2D eigenvalue weighted by Crippen LogP contribution is 2.54. The molecular formula is C63H59BN2. The van der Waals surface area contributed by atoms with E-state index in [1.807, 2.05) is 0 Å². The average molecular weight is 855 g/mol. The van der Waals surface area contributed by atoms with Gasteiger partial charge in [0.15, 0.2) is 0 Å². The number of anilines is 6. The van der Waals surface area contributed by atoms with Gasteiger partial charge < -0.3 is 9.80 Å². The maximum absolute atomic E-state index is 2.61. The molecule has 8 aromatic rings. The molecule has 0 saturated heterocycles. The molecule has 2 heterocycles. The van der Waals surface area contributed by atoms with E-state index in [2.05, 4.69) is 244 Å². The van der Waals surface area contributed by atoms with Gasteiger partial charge in [-0.2, -0.15) is 0 Å². The van der Waals surface area contributed by atoms with Crippen LogP contribution in [0.5, 0.6) is 0 Å². The van der Waals surface area contributed by atoms with Crippen molar-refractivity contribution in [3.8, 4) is 33.4 Å². The minimum absolute atomic E-state index is 0.0184. The lowest BCUT2D eigenvalue weighted by Gasteiger charge is -2.45. The minimum Gasteiger partial charge on any atom is -0.311 e. The van der Waals surface area contributed by atoms with Crippen molar-refractivity contribution >= 4 is 57.2 Å². The highest BCUT2D eigenvalue weighted by atomic mass is 15.2. The summed E-state index contributed by atoms with van der Waals surface area (Å²) in [5, 5.41) is 0. The van der Waals surface area contributed by atoms with E-state index in [9.17, 15) is 0 Å². The first-order valence-corrected chi connectivity index (χ1v) is 24.0. The van der Waals surface area contributed by atoms with E-state index in [0.717, 1.165) is 0 Å². The Kier molecular flexibility index (Phi) is 8.51. The van der Waals surface area contributed by atoms with Crippen molar-refractivity contribution in [2.24, 2.45) is 0 Å². The molecule has 2 nitrogen and oxygen atoms in total. The Morgan fingerprint density at radius 1 is 0.409 bits per heavy atom.